The lowest BCUT2D eigenvalue weighted by Crippen LogP contribution is -2.08. The second-order valence-electron chi connectivity index (χ2n) is 3.44. The Kier molecular flexibility index (Phi) is 4.65. The number of aromatic nitrogens is 4. The predicted octanol–water partition coefficient (Wildman–Crippen LogP) is 1.48. The highest BCUT2D eigenvalue weighted by Crippen LogP contribution is 2.21. The van der Waals surface area contributed by atoms with Gasteiger partial charge in [0.25, 0.3) is 10.8 Å². The van der Waals surface area contributed by atoms with E-state index in [4.69, 9.17) is 10.8 Å². The van der Waals surface area contributed by atoms with E-state index < -0.39 is 0 Å². The Morgan fingerprint density at radius 3 is 3.05 bits per heavy atom. The molecule has 0 spiro atoms. The van der Waals surface area contributed by atoms with Gasteiger partial charge in [0.05, 0.1) is 11.5 Å². The molecule has 8 heteroatoms. The number of thioether (sulfide) groups is 2. The van der Waals surface area contributed by atoms with Crippen LogP contribution in [0.5, 0.6) is 0 Å². The van der Waals surface area contributed by atoms with Crippen LogP contribution in [0.4, 0.5) is 0 Å². The number of H-pyrrole nitrogens is 1. The summed E-state index contributed by atoms with van der Waals surface area (Å²) in [5, 5.41) is 8.70. The van der Waals surface area contributed by atoms with E-state index in [1.165, 1.54) is 29.6 Å². The Bertz CT molecular complexity index is 659. The molecule has 19 heavy (non-hydrogen) atoms. The minimum atomic E-state index is -0.175. The monoisotopic (exact) mass is 294 g/mol. The van der Waals surface area contributed by atoms with Crippen LogP contribution in [0.2, 0.25) is 0 Å². The van der Waals surface area contributed by atoms with Crippen molar-refractivity contribution in [2.45, 2.75) is 23.1 Å². The summed E-state index contributed by atoms with van der Waals surface area (Å²) in [6, 6.07) is 1.44. The Balaban J connectivity index is 1.96. The average molecular weight is 294 g/mol. The molecule has 2 aromatic heterocycles. The van der Waals surface area contributed by atoms with Crippen LogP contribution in [0, 0.1) is 19.3 Å². The first-order valence-electron chi connectivity index (χ1n) is 5.27. The van der Waals surface area contributed by atoms with Gasteiger partial charge in [-0.2, -0.15) is 0 Å². The fourth-order valence-electron chi connectivity index (χ4n) is 1.21. The summed E-state index contributed by atoms with van der Waals surface area (Å²) in [6.45, 7) is 1.76. The minimum Gasteiger partial charge on any atom is -0.415 e. The molecule has 0 aromatic carbocycles. The molecule has 2 aromatic rings. The van der Waals surface area contributed by atoms with Gasteiger partial charge in [-0.15, -0.1) is 16.6 Å². The number of hydrogen-bond donors (Lipinski definition) is 1. The molecular weight excluding hydrogens is 284 g/mol. The fraction of sp³-hybridized carbons (Fsp3) is 0.273. The lowest BCUT2D eigenvalue weighted by Gasteiger charge is -1.98. The third-order valence-corrected chi connectivity index (χ3v) is 3.49. The van der Waals surface area contributed by atoms with Gasteiger partial charge in [0.2, 0.25) is 5.89 Å². The van der Waals surface area contributed by atoms with Crippen LogP contribution in [0.1, 0.15) is 11.6 Å². The normalized spacial score (nSPS) is 10.3. The van der Waals surface area contributed by atoms with Crippen LogP contribution in [0.25, 0.3) is 0 Å². The highest BCUT2D eigenvalue weighted by atomic mass is 32.2. The van der Waals surface area contributed by atoms with Crippen molar-refractivity contribution in [2.75, 3.05) is 5.75 Å². The van der Waals surface area contributed by atoms with E-state index in [9.17, 15) is 4.79 Å². The van der Waals surface area contributed by atoms with Gasteiger partial charge in [0, 0.05) is 11.8 Å². The second kappa shape index (κ2) is 6.45. The third kappa shape index (κ3) is 4.15. The Morgan fingerprint density at radius 1 is 1.47 bits per heavy atom. The molecule has 6 nitrogen and oxygen atoms in total. The standard InChI is InChI=1S/C11H10N4O2S2/c1-3-4-18-11-15-14-9(17-11)6-19-10-12-7(2)5-8(16)13-10/h1,5H,4,6H2,2H3,(H,12,13,16). The third-order valence-electron chi connectivity index (χ3n) is 1.91. The number of rotatable bonds is 5. The van der Waals surface area contributed by atoms with Gasteiger partial charge < -0.3 is 9.40 Å². The summed E-state index contributed by atoms with van der Waals surface area (Å²) < 4.78 is 5.37. The van der Waals surface area contributed by atoms with E-state index in [1.54, 1.807) is 6.92 Å². The van der Waals surface area contributed by atoms with Crippen molar-refractivity contribution >= 4 is 23.5 Å². The van der Waals surface area contributed by atoms with Crippen LogP contribution in [-0.4, -0.2) is 25.9 Å². The zero-order chi connectivity index (χ0) is 13.7. The largest absolute Gasteiger partial charge is 0.415 e. The molecule has 98 valence electrons. The summed E-state index contributed by atoms with van der Waals surface area (Å²) in [5.41, 5.74) is 0.493. The van der Waals surface area contributed by atoms with Crippen molar-refractivity contribution in [2.24, 2.45) is 0 Å². The van der Waals surface area contributed by atoms with Gasteiger partial charge in [-0.3, -0.25) is 4.79 Å². The lowest BCUT2D eigenvalue weighted by atomic mass is 10.5. The zero-order valence-electron chi connectivity index (χ0n) is 10.0. The molecule has 0 atom stereocenters. The number of hydrogen-bond acceptors (Lipinski definition) is 7. The quantitative estimate of drug-likeness (QED) is 0.508. The molecule has 0 unspecified atom stereocenters. The van der Waals surface area contributed by atoms with Gasteiger partial charge in [-0.1, -0.05) is 29.4 Å². The molecule has 2 heterocycles. The number of nitrogens with zero attached hydrogens (tertiary/aromatic N) is 3. The van der Waals surface area contributed by atoms with Crippen LogP contribution in [0.3, 0.4) is 0 Å². The highest BCUT2D eigenvalue weighted by molar-refractivity contribution is 7.99. The molecule has 1 N–H and O–H groups in total. The van der Waals surface area contributed by atoms with E-state index in [2.05, 4.69) is 26.1 Å². The lowest BCUT2D eigenvalue weighted by molar-refractivity contribution is 0.427. The number of nitrogens with one attached hydrogen (secondary N) is 1. The maximum Gasteiger partial charge on any atom is 0.277 e. The zero-order valence-corrected chi connectivity index (χ0v) is 11.7. The van der Waals surface area contributed by atoms with Crippen LogP contribution in [0.15, 0.2) is 25.7 Å². The van der Waals surface area contributed by atoms with Crippen molar-refractivity contribution in [3.05, 3.63) is 28.0 Å². The first kappa shape index (κ1) is 13.7. The van der Waals surface area contributed by atoms with Crippen LogP contribution < -0.4 is 5.56 Å². The van der Waals surface area contributed by atoms with Crippen molar-refractivity contribution in [1.82, 2.24) is 20.2 Å². The first-order valence-corrected chi connectivity index (χ1v) is 7.24. The second-order valence-corrected chi connectivity index (χ2v) is 5.33. The van der Waals surface area contributed by atoms with E-state index in [0.29, 0.717) is 33.5 Å². The summed E-state index contributed by atoms with van der Waals surface area (Å²) in [5.74, 6) is 3.87. The number of aryl methyl sites for hydroxylation is 1. The Labute approximate surface area is 117 Å². The minimum absolute atomic E-state index is 0.175. The summed E-state index contributed by atoms with van der Waals surface area (Å²) in [4.78, 5) is 18.1. The number of aromatic amines is 1. The van der Waals surface area contributed by atoms with Gasteiger partial charge in [-0.05, 0) is 6.92 Å². The van der Waals surface area contributed by atoms with Crippen molar-refractivity contribution in [3.63, 3.8) is 0 Å². The fourth-order valence-corrected chi connectivity index (χ4v) is 2.43. The summed E-state index contributed by atoms with van der Waals surface area (Å²) in [7, 11) is 0. The molecule has 0 aliphatic carbocycles. The van der Waals surface area contributed by atoms with E-state index in [-0.39, 0.29) is 5.56 Å². The predicted molar refractivity (Wildman–Crippen MR) is 73.0 cm³/mol. The molecule has 0 saturated heterocycles. The molecule has 0 amide bonds. The van der Waals surface area contributed by atoms with E-state index >= 15 is 0 Å². The Morgan fingerprint density at radius 2 is 2.32 bits per heavy atom. The molecule has 0 radical (unpaired) electrons. The number of terminal acetylenes is 1. The summed E-state index contributed by atoms with van der Waals surface area (Å²) in [6.07, 6.45) is 5.14. The molecule has 0 aliphatic heterocycles. The molecule has 0 aliphatic rings. The van der Waals surface area contributed by atoms with E-state index in [1.807, 2.05) is 0 Å². The van der Waals surface area contributed by atoms with Gasteiger partial charge in [-0.25, -0.2) is 4.98 Å². The topological polar surface area (TPSA) is 84.7 Å². The SMILES string of the molecule is C#CCSc1nnc(CSc2nc(C)cc(=O)[nH]2)o1. The maximum atomic E-state index is 11.3. The molecule has 0 saturated carbocycles. The highest BCUT2D eigenvalue weighted by Gasteiger charge is 2.08. The smallest absolute Gasteiger partial charge is 0.277 e. The molecular formula is C11H10N4O2S2. The van der Waals surface area contributed by atoms with Crippen molar-refractivity contribution in [3.8, 4) is 12.3 Å². The summed E-state index contributed by atoms with van der Waals surface area (Å²) >= 11 is 2.64. The molecule has 0 bridgehead atoms. The average Bonchev–Trinajstić information content (AvgIpc) is 2.81. The van der Waals surface area contributed by atoms with E-state index in [0.717, 1.165) is 0 Å². The van der Waals surface area contributed by atoms with Crippen LogP contribution >= 0.6 is 23.5 Å². The van der Waals surface area contributed by atoms with Gasteiger partial charge >= 0.3 is 0 Å². The molecule has 2 rings (SSSR count). The van der Waals surface area contributed by atoms with Crippen molar-refractivity contribution < 1.29 is 4.42 Å². The van der Waals surface area contributed by atoms with Gasteiger partial charge in [0.1, 0.15) is 0 Å². The first-order chi connectivity index (χ1) is 9.17. The van der Waals surface area contributed by atoms with Gasteiger partial charge in [0.15, 0.2) is 5.16 Å². The van der Waals surface area contributed by atoms with Crippen LogP contribution in [-0.2, 0) is 5.75 Å². The van der Waals surface area contributed by atoms with Crippen molar-refractivity contribution in [1.29, 1.82) is 0 Å². The Hall–Kier alpha value is -1.72. The maximum absolute atomic E-state index is 11.3. The molecule has 0 fully saturated rings.